The van der Waals surface area contributed by atoms with Gasteiger partial charge in [-0.25, -0.2) is 8.78 Å². The third-order valence-corrected chi connectivity index (χ3v) is 8.85. The molecule has 1 amide bonds. The van der Waals surface area contributed by atoms with Crippen molar-refractivity contribution in [2.45, 2.75) is 64.1 Å². The quantitative estimate of drug-likeness (QED) is 0.436. The minimum Gasteiger partial charge on any atom is -0.384 e. The Labute approximate surface area is 225 Å². The van der Waals surface area contributed by atoms with Crippen LogP contribution in [0, 0.1) is 10.8 Å². The van der Waals surface area contributed by atoms with Crippen molar-refractivity contribution in [2.24, 2.45) is 10.8 Å². The molecule has 0 radical (unpaired) electrons. The van der Waals surface area contributed by atoms with Gasteiger partial charge in [0.1, 0.15) is 0 Å². The Balaban J connectivity index is 1.61. The fourth-order valence-corrected chi connectivity index (χ4v) is 6.43. The summed E-state index contributed by atoms with van der Waals surface area (Å²) in [6, 6.07) is 0. The number of likely N-dealkylation sites (N-methyl/N-ethyl adjacent to an activating group) is 2. The fourth-order valence-electron chi connectivity index (χ4n) is 6.43. The lowest BCUT2D eigenvalue weighted by atomic mass is 9.69. The molecule has 11 heteroatoms. The van der Waals surface area contributed by atoms with Crippen LogP contribution >= 0.6 is 0 Å². The summed E-state index contributed by atoms with van der Waals surface area (Å²) in [6.07, 6.45) is 3.89. The van der Waals surface area contributed by atoms with Gasteiger partial charge in [-0.1, -0.05) is 0 Å². The number of hydrogen-bond acceptors (Lipinski definition) is 7. The molecule has 1 N–H and O–H groups in total. The van der Waals surface area contributed by atoms with Crippen LogP contribution in [0.15, 0.2) is 0 Å². The van der Waals surface area contributed by atoms with Gasteiger partial charge >= 0.3 is 0 Å². The number of nitrogens with zero attached hydrogens (tertiary/aromatic N) is 4. The van der Waals surface area contributed by atoms with Crippen molar-refractivity contribution in [3.05, 3.63) is 17.0 Å². The predicted molar refractivity (Wildman–Crippen MR) is 139 cm³/mol. The number of halogens is 2. The Morgan fingerprint density at radius 1 is 1.21 bits per heavy atom. The highest BCUT2D eigenvalue weighted by Crippen LogP contribution is 2.47. The van der Waals surface area contributed by atoms with E-state index < -0.39 is 17.2 Å². The summed E-state index contributed by atoms with van der Waals surface area (Å²) >= 11 is 0. The van der Waals surface area contributed by atoms with Gasteiger partial charge < -0.3 is 24.4 Å². The lowest BCUT2D eigenvalue weighted by Gasteiger charge is -2.46. The third kappa shape index (κ3) is 5.63. The maximum Gasteiger partial charge on any atom is 0.264 e. The second kappa shape index (κ2) is 11.8. The second-order valence-electron chi connectivity index (χ2n) is 11.7. The van der Waals surface area contributed by atoms with Crippen LogP contribution < -0.4 is 5.32 Å². The number of alkyl halides is 2. The number of hydrogen-bond donors (Lipinski definition) is 1. The third-order valence-electron chi connectivity index (χ3n) is 8.85. The van der Waals surface area contributed by atoms with Crippen molar-refractivity contribution >= 4 is 5.91 Å². The molecule has 1 aromatic heterocycles. The number of carbonyl (C=O) groups is 1. The topological polar surface area (TPSA) is 81.1 Å². The summed E-state index contributed by atoms with van der Waals surface area (Å²) in [6.45, 7) is 5.33. The Morgan fingerprint density at radius 2 is 1.87 bits per heavy atom. The number of carbonyl (C=O) groups excluding carboxylic acids is 1. The zero-order valence-corrected chi connectivity index (χ0v) is 23.7. The van der Waals surface area contributed by atoms with Crippen molar-refractivity contribution in [3.8, 4) is 0 Å². The van der Waals surface area contributed by atoms with E-state index >= 15 is 0 Å². The zero-order valence-electron chi connectivity index (χ0n) is 23.7. The minimum atomic E-state index is -3.14. The second-order valence-corrected chi connectivity index (χ2v) is 11.7. The molecule has 1 saturated carbocycles. The largest absolute Gasteiger partial charge is 0.384 e. The highest BCUT2D eigenvalue weighted by Gasteiger charge is 2.62. The minimum absolute atomic E-state index is 0.00227. The van der Waals surface area contributed by atoms with Crippen LogP contribution in [-0.4, -0.2) is 106 Å². The monoisotopic (exact) mass is 541 g/mol. The molecule has 0 bridgehead atoms. The average Bonchev–Trinajstić information content (AvgIpc) is 3.18. The van der Waals surface area contributed by atoms with Gasteiger partial charge in [0.15, 0.2) is 5.41 Å². The summed E-state index contributed by atoms with van der Waals surface area (Å²) in [7, 11) is 7.50. The van der Waals surface area contributed by atoms with Gasteiger partial charge in [-0.05, 0) is 45.7 Å². The van der Waals surface area contributed by atoms with Gasteiger partial charge in [0.2, 0.25) is 5.91 Å². The first-order valence-electron chi connectivity index (χ1n) is 13.7. The number of nitrogens with one attached hydrogen (secondary N) is 1. The molecule has 0 spiro atoms. The van der Waals surface area contributed by atoms with Crippen molar-refractivity contribution in [3.63, 3.8) is 0 Å². The Kier molecular flexibility index (Phi) is 9.13. The summed E-state index contributed by atoms with van der Waals surface area (Å²) in [4.78, 5) is 17.3. The number of rotatable bonds is 12. The first-order valence-corrected chi connectivity index (χ1v) is 13.7. The van der Waals surface area contributed by atoms with E-state index in [9.17, 15) is 13.6 Å². The van der Waals surface area contributed by atoms with Gasteiger partial charge in [-0.3, -0.25) is 14.4 Å². The molecule has 0 unspecified atom stereocenters. The van der Waals surface area contributed by atoms with Crippen LogP contribution in [0.5, 0.6) is 0 Å². The normalized spacial score (nSPS) is 21.4. The van der Waals surface area contributed by atoms with Crippen molar-refractivity contribution in [2.75, 3.05) is 74.4 Å². The predicted octanol–water partition coefficient (Wildman–Crippen LogP) is 2.49. The van der Waals surface area contributed by atoms with Gasteiger partial charge in [0, 0.05) is 58.3 Å². The molecule has 2 aliphatic heterocycles. The molecule has 38 heavy (non-hydrogen) atoms. The number of amides is 1. The van der Waals surface area contributed by atoms with E-state index in [4.69, 9.17) is 19.3 Å². The molecule has 0 aromatic carbocycles. The summed E-state index contributed by atoms with van der Waals surface area (Å²) < 4.78 is 47.4. The Bertz CT molecular complexity index is 946. The van der Waals surface area contributed by atoms with Crippen molar-refractivity contribution in [1.29, 1.82) is 0 Å². The SMILES string of the molecule is CNCCN(C)Cc1nn2c(c1C1CCC(COC)(COC)CC1)CN(C(=O)C1(C(C)(F)F)COC1)CC2. The summed E-state index contributed by atoms with van der Waals surface area (Å²) in [5.41, 5.74) is 1.46. The van der Waals surface area contributed by atoms with Crippen molar-refractivity contribution in [1.82, 2.24) is 24.9 Å². The maximum atomic E-state index is 14.6. The number of ether oxygens (including phenoxy) is 3. The number of fused-ring (bicyclic) bond motifs is 1. The first kappa shape index (κ1) is 29.3. The van der Waals surface area contributed by atoms with E-state index in [1.54, 1.807) is 19.1 Å². The lowest BCUT2D eigenvalue weighted by Crippen LogP contribution is -2.64. The molecular weight excluding hydrogens is 496 g/mol. The zero-order chi connectivity index (χ0) is 27.6. The van der Waals surface area contributed by atoms with Crippen LogP contribution in [0.3, 0.4) is 0 Å². The number of methoxy groups -OCH3 is 2. The molecule has 3 heterocycles. The van der Waals surface area contributed by atoms with E-state index in [1.165, 1.54) is 5.56 Å². The maximum absolute atomic E-state index is 14.6. The van der Waals surface area contributed by atoms with E-state index in [2.05, 4.69) is 17.3 Å². The molecule has 1 saturated heterocycles. The fraction of sp³-hybridized carbons (Fsp3) is 0.852. The first-order chi connectivity index (χ1) is 18.1. The lowest BCUT2D eigenvalue weighted by molar-refractivity contribution is -0.237. The Morgan fingerprint density at radius 3 is 2.39 bits per heavy atom. The molecule has 216 valence electrons. The Hall–Kier alpha value is -1.66. The summed E-state index contributed by atoms with van der Waals surface area (Å²) in [5, 5.41) is 8.21. The van der Waals surface area contributed by atoms with E-state index in [1.807, 2.05) is 11.7 Å². The smallest absolute Gasteiger partial charge is 0.264 e. The van der Waals surface area contributed by atoms with Crippen LogP contribution in [0.2, 0.25) is 0 Å². The molecule has 2 fully saturated rings. The molecule has 3 aliphatic rings. The van der Waals surface area contributed by atoms with Crippen LogP contribution in [0.4, 0.5) is 8.78 Å². The van der Waals surface area contributed by atoms with Crippen LogP contribution in [0.25, 0.3) is 0 Å². The van der Waals surface area contributed by atoms with Gasteiger partial charge in [-0.15, -0.1) is 0 Å². The van der Waals surface area contributed by atoms with E-state index in [-0.39, 0.29) is 24.5 Å². The molecule has 1 aliphatic carbocycles. The molecule has 0 atom stereocenters. The molecule has 4 rings (SSSR count). The highest BCUT2D eigenvalue weighted by molar-refractivity contribution is 5.85. The van der Waals surface area contributed by atoms with E-state index in [0.717, 1.165) is 57.1 Å². The standard InChI is InChI=1S/C27H45F2N5O4/c1-25(28,29)27(18-38-19-27)24(35)33-12-13-34-22(15-33)23(21(31-34)14-32(3)11-10-30-2)20-6-8-26(9-7-20,16-36-4)17-37-5/h20,30H,6-19H2,1-5H3. The van der Waals surface area contributed by atoms with E-state index in [0.29, 0.717) is 39.4 Å². The van der Waals surface area contributed by atoms with Gasteiger partial charge in [0.25, 0.3) is 5.92 Å². The average molecular weight is 542 g/mol. The van der Waals surface area contributed by atoms with Crippen molar-refractivity contribution < 1.29 is 27.8 Å². The summed E-state index contributed by atoms with van der Waals surface area (Å²) in [5.74, 6) is -3.36. The highest BCUT2D eigenvalue weighted by atomic mass is 19.3. The van der Waals surface area contributed by atoms with Crippen LogP contribution in [-0.2, 0) is 38.6 Å². The van der Waals surface area contributed by atoms with Gasteiger partial charge in [0.05, 0.1) is 50.9 Å². The molecule has 9 nitrogen and oxygen atoms in total. The number of aromatic nitrogens is 2. The van der Waals surface area contributed by atoms with Crippen LogP contribution in [0.1, 0.15) is 55.5 Å². The molecular formula is C27H45F2N5O4. The molecule has 1 aromatic rings. The van der Waals surface area contributed by atoms with Gasteiger partial charge in [-0.2, -0.15) is 5.10 Å².